The van der Waals surface area contributed by atoms with Crippen LogP contribution in [0.15, 0.2) is 41.1 Å². The molecular formula is C17H20N2O4S. The predicted molar refractivity (Wildman–Crippen MR) is 93.6 cm³/mol. The molecule has 24 heavy (non-hydrogen) atoms. The van der Waals surface area contributed by atoms with E-state index >= 15 is 0 Å². The quantitative estimate of drug-likeness (QED) is 0.791. The number of hydrogen-bond donors (Lipinski definition) is 3. The summed E-state index contributed by atoms with van der Waals surface area (Å²) in [5.41, 5.74) is 3.28. The maximum atomic E-state index is 10.7. The molecule has 0 saturated carbocycles. The zero-order valence-electron chi connectivity index (χ0n) is 13.3. The Bertz CT molecular complexity index is 688. The van der Waals surface area contributed by atoms with Gasteiger partial charge in [0.25, 0.3) is 0 Å². The van der Waals surface area contributed by atoms with Gasteiger partial charge in [0.15, 0.2) is 0 Å². The van der Waals surface area contributed by atoms with Crippen LogP contribution in [0.4, 0.5) is 10.5 Å². The van der Waals surface area contributed by atoms with Gasteiger partial charge < -0.3 is 20.4 Å². The SMILES string of the molecule is C[C@H](Nc1ccsc1)C(=O)O.O=C(O)N1CCc2ccccc2C1. The molecule has 128 valence electrons. The Labute approximate surface area is 144 Å². The summed E-state index contributed by atoms with van der Waals surface area (Å²) < 4.78 is 0. The third-order valence-corrected chi connectivity index (χ3v) is 4.36. The minimum Gasteiger partial charge on any atom is -0.480 e. The fraction of sp³-hybridized carbons (Fsp3) is 0.294. The fourth-order valence-electron chi connectivity index (χ4n) is 2.32. The first kappa shape index (κ1) is 17.8. The predicted octanol–water partition coefficient (Wildman–Crippen LogP) is 3.36. The number of rotatable bonds is 3. The van der Waals surface area contributed by atoms with E-state index in [1.807, 2.05) is 35.0 Å². The molecule has 1 atom stereocenters. The van der Waals surface area contributed by atoms with Crippen LogP contribution in [0.1, 0.15) is 18.1 Å². The number of nitrogens with zero attached hydrogens (tertiary/aromatic N) is 1. The van der Waals surface area contributed by atoms with E-state index in [4.69, 9.17) is 10.2 Å². The van der Waals surface area contributed by atoms with Crippen molar-refractivity contribution in [3.63, 3.8) is 0 Å². The molecule has 6 nitrogen and oxygen atoms in total. The highest BCUT2D eigenvalue weighted by molar-refractivity contribution is 7.08. The van der Waals surface area contributed by atoms with E-state index in [-0.39, 0.29) is 0 Å². The van der Waals surface area contributed by atoms with Crippen LogP contribution in [-0.4, -0.2) is 39.8 Å². The van der Waals surface area contributed by atoms with E-state index in [0.29, 0.717) is 13.1 Å². The Balaban J connectivity index is 0.000000177. The van der Waals surface area contributed by atoms with Crippen molar-refractivity contribution in [2.45, 2.75) is 25.9 Å². The number of fused-ring (bicyclic) bond motifs is 1. The molecule has 0 spiro atoms. The highest BCUT2D eigenvalue weighted by Gasteiger charge is 2.18. The van der Waals surface area contributed by atoms with Crippen LogP contribution in [-0.2, 0) is 17.8 Å². The van der Waals surface area contributed by atoms with Crippen molar-refractivity contribution in [3.8, 4) is 0 Å². The number of nitrogens with one attached hydrogen (secondary N) is 1. The Hall–Kier alpha value is -2.54. The topological polar surface area (TPSA) is 89.9 Å². The third kappa shape index (κ3) is 4.99. The van der Waals surface area contributed by atoms with Gasteiger partial charge >= 0.3 is 12.1 Å². The number of carbonyl (C=O) groups is 2. The lowest BCUT2D eigenvalue weighted by atomic mass is 10.0. The van der Waals surface area contributed by atoms with Gasteiger partial charge in [0.2, 0.25) is 0 Å². The highest BCUT2D eigenvalue weighted by atomic mass is 32.1. The number of benzene rings is 1. The van der Waals surface area contributed by atoms with Gasteiger partial charge in [0.05, 0.1) is 0 Å². The molecule has 0 radical (unpaired) electrons. The van der Waals surface area contributed by atoms with Crippen LogP contribution in [0, 0.1) is 0 Å². The number of carboxylic acid groups (broad SMARTS) is 2. The van der Waals surface area contributed by atoms with Crippen LogP contribution in [0.25, 0.3) is 0 Å². The molecule has 3 rings (SSSR count). The molecule has 1 aliphatic heterocycles. The number of hydrogen-bond acceptors (Lipinski definition) is 4. The number of thiophene rings is 1. The normalized spacial score (nSPS) is 14.0. The summed E-state index contributed by atoms with van der Waals surface area (Å²) in [6, 6.07) is 9.33. The number of amides is 1. The molecule has 0 saturated heterocycles. The third-order valence-electron chi connectivity index (χ3n) is 3.68. The molecular weight excluding hydrogens is 328 g/mol. The van der Waals surface area contributed by atoms with E-state index in [2.05, 4.69) is 11.4 Å². The van der Waals surface area contributed by atoms with Gasteiger partial charge in [-0.05, 0) is 35.9 Å². The molecule has 7 heteroatoms. The maximum Gasteiger partial charge on any atom is 0.407 e. The van der Waals surface area contributed by atoms with Crippen LogP contribution in [0.5, 0.6) is 0 Å². The van der Waals surface area contributed by atoms with E-state index in [9.17, 15) is 9.59 Å². The molecule has 1 amide bonds. The second kappa shape index (κ2) is 8.35. The van der Waals surface area contributed by atoms with Gasteiger partial charge in [-0.1, -0.05) is 24.3 Å². The van der Waals surface area contributed by atoms with Gasteiger partial charge in [-0.15, -0.1) is 0 Å². The molecule has 0 unspecified atom stereocenters. The fourth-order valence-corrected chi connectivity index (χ4v) is 2.91. The van der Waals surface area contributed by atoms with Crippen molar-refractivity contribution in [1.82, 2.24) is 4.90 Å². The smallest absolute Gasteiger partial charge is 0.407 e. The highest BCUT2D eigenvalue weighted by Crippen LogP contribution is 2.18. The van der Waals surface area contributed by atoms with Gasteiger partial charge in [0.1, 0.15) is 6.04 Å². The Morgan fingerprint density at radius 1 is 1.21 bits per heavy atom. The summed E-state index contributed by atoms with van der Waals surface area (Å²) in [6.45, 7) is 2.76. The van der Waals surface area contributed by atoms with Crippen molar-refractivity contribution in [1.29, 1.82) is 0 Å². The molecule has 0 aliphatic carbocycles. The van der Waals surface area contributed by atoms with Crippen molar-refractivity contribution >= 4 is 29.1 Å². The molecule has 1 aromatic heterocycles. The van der Waals surface area contributed by atoms with E-state index < -0.39 is 18.1 Å². The zero-order chi connectivity index (χ0) is 17.5. The van der Waals surface area contributed by atoms with Crippen molar-refractivity contribution in [2.24, 2.45) is 0 Å². The van der Waals surface area contributed by atoms with Gasteiger partial charge in [-0.2, -0.15) is 11.3 Å². The van der Waals surface area contributed by atoms with Gasteiger partial charge in [-0.3, -0.25) is 4.79 Å². The molecule has 1 aromatic carbocycles. The number of anilines is 1. The minimum absolute atomic E-state index is 0.524. The Morgan fingerprint density at radius 2 is 1.92 bits per heavy atom. The summed E-state index contributed by atoms with van der Waals surface area (Å²) in [5.74, 6) is -0.837. The van der Waals surface area contributed by atoms with Crippen molar-refractivity contribution in [3.05, 3.63) is 52.2 Å². The number of carboxylic acids is 1. The Morgan fingerprint density at radius 3 is 2.50 bits per heavy atom. The average molecular weight is 348 g/mol. The molecule has 1 aliphatic rings. The first-order valence-corrected chi connectivity index (χ1v) is 8.48. The van der Waals surface area contributed by atoms with Gasteiger partial charge in [0, 0.05) is 24.2 Å². The molecule has 2 heterocycles. The van der Waals surface area contributed by atoms with Crippen LogP contribution in [0.3, 0.4) is 0 Å². The van der Waals surface area contributed by atoms with Crippen LogP contribution < -0.4 is 5.32 Å². The lowest BCUT2D eigenvalue weighted by Gasteiger charge is -2.26. The Kier molecular flexibility index (Phi) is 6.20. The summed E-state index contributed by atoms with van der Waals surface area (Å²) in [6.07, 6.45) is 0.0113. The largest absolute Gasteiger partial charge is 0.480 e. The summed E-state index contributed by atoms with van der Waals surface area (Å²) >= 11 is 1.54. The standard InChI is InChI=1S/C10H11NO2.C7H9NO2S/c12-10(13)11-6-5-8-3-1-2-4-9(8)7-11;1-5(7(9)10)8-6-2-3-11-4-6/h1-4H,5-7H2,(H,12,13);2-5,8H,1H3,(H,9,10)/t;5-/m.0/s1. The number of aliphatic carboxylic acids is 1. The molecule has 3 N–H and O–H groups in total. The molecule has 0 fully saturated rings. The van der Waals surface area contributed by atoms with Crippen LogP contribution >= 0.6 is 11.3 Å². The molecule has 2 aromatic rings. The first-order chi connectivity index (χ1) is 11.5. The van der Waals surface area contributed by atoms with Crippen LogP contribution in [0.2, 0.25) is 0 Å². The summed E-state index contributed by atoms with van der Waals surface area (Å²) in [7, 11) is 0. The summed E-state index contributed by atoms with van der Waals surface area (Å²) in [4.78, 5) is 22.5. The van der Waals surface area contributed by atoms with E-state index in [1.54, 1.807) is 6.92 Å². The maximum absolute atomic E-state index is 10.7. The lowest BCUT2D eigenvalue weighted by Crippen LogP contribution is -2.34. The van der Waals surface area contributed by atoms with Crippen molar-refractivity contribution < 1.29 is 19.8 Å². The monoisotopic (exact) mass is 348 g/mol. The van der Waals surface area contributed by atoms with E-state index in [0.717, 1.165) is 17.7 Å². The average Bonchev–Trinajstić information content (AvgIpc) is 3.07. The minimum atomic E-state index is -0.837. The zero-order valence-corrected chi connectivity index (χ0v) is 14.1. The van der Waals surface area contributed by atoms with E-state index in [1.165, 1.54) is 21.8 Å². The molecule has 0 bridgehead atoms. The summed E-state index contributed by atoms with van der Waals surface area (Å²) in [5, 5.41) is 23.9. The van der Waals surface area contributed by atoms with Crippen molar-refractivity contribution in [2.75, 3.05) is 11.9 Å². The van der Waals surface area contributed by atoms with Gasteiger partial charge in [-0.25, -0.2) is 4.79 Å². The first-order valence-electron chi connectivity index (χ1n) is 7.53. The second-order valence-electron chi connectivity index (χ2n) is 5.44. The second-order valence-corrected chi connectivity index (χ2v) is 6.22. The lowest BCUT2D eigenvalue weighted by molar-refractivity contribution is -0.137.